The Labute approximate surface area is 104 Å². The summed E-state index contributed by atoms with van der Waals surface area (Å²) in [6.07, 6.45) is 3.15. The van der Waals surface area contributed by atoms with Gasteiger partial charge in [0.05, 0.1) is 12.4 Å². The zero-order valence-corrected chi connectivity index (χ0v) is 9.71. The van der Waals surface area contributed by atoms with Gasteiger partial charge in [0.25, 0.3) is 0 Å². The molecule has 1 amide bonds. The summed E-state index contributed by atoms with van der Waals surface area (Å²) in [5.74, 6) is -0.188. The normalized spacial score (nSPS) is 8.76. The van der Waals surface area contributed by atoms with Crippen molar-refractivity contribution in [3.05, 3.63) is 48.8 Å². The standard InChI is InChI=1S/C8H8ClNO.C3H3N3/c9-6-8(11)10-7-4-2-1-3-5-7;1-2-4-6-5-3-1/h1-5H,6H2,(H,10,11);1-3H. The van der Waals surface area contributed by atoms with Crippen LogP contribution in [-0.2, 0) is 4.79 Å². The van der Waals surface area contributed by atoms with Crippen LogP contribution in [0.4, 0.5) is 5.69 Å². The van der Waals surface area contributed by atoms with Gasteiger partial charge in [-0.25, -0.2) is 0 Å². The van der Waals surface area contributed by atoms with Crippen LogP contribution in [0.5, 0.6) is 0 Å². The summed E-state index contributed by atoms with van der Waals surface area (Å²) in [5, 5.41) is 12.8. The van der Waals surface area contributed by atoms with Gasteiger partial charge >= 0.3 is 0 Å². The number of anilines is 1. The third-order valence-corrected chi connectivity index (χ3v) is 1.83. The third-order valence-electron chi connectivity index (χ3n) is 1.59. The Morgan fingerprint density at radius 1 is 1.12 bits per heavy atom. The molecule has 1 heterocycles. The lowest BCUT2D eigenvalue weighted by Gasteiger charge is -2.00. The van der Waals surface area contributed by atoms with Crippen molar-refractivity contribution in [2.75, 3.05) is 11.2 Å². The van der Waals surface area contributed by atoms with Crippen molar-refractivity contribution in [3.8, 4) is 0 Å². The predicted octanol–water partition coefficient (Wildman–Crippen LogP) is 1.74. The number of carbonyl (C=O) groups excluding carboxylic acids is 1. The molecule has 0 aliphatic carbocycles. The van der Waals surface area contributed by atoms with Gasteiger partial charge in [-0.15, -0.1) is 21.8 Å². The van der Waals surface area contributed by atoms with E-state index in [1.807, 2.05) is 30.3 Å². The average molecular weight is 251 g/mol. The molecule has 5 nitrogen and oxygen atoms in total. The van der Waals surface area contributed by atoms with Crippen molar-refractivity contribution in [2.45, 2.75) is 0 Å². The summed E-state index contributed by atoms with van der Waals surface area (Å²) < 4.78 is 0. The van der Waals surface area contributed by atoms with Gasteiger partial charge in [0.2, 0.25) is 5.91 Å². The zero-order chi connectivity index (χ0) is 12.3. The molecule has 0 saturated heterocycles. The molecule has 1 N–H and O–H groups in total. The van der Waals surface area contributed by atoms with E-state index in [2.05, 4.69) is 20.7 Å². The van der Waals surface area contributed by atoms with Gasteiger partial charge in [-0.05, 0) is 23.4 Å². The molecule has 0 spiro atoms. The monoisotopic (exact) mass is 250 g/mol. The topological polar surface area (TPSA) is 67.8 Å². The third kappa shape index (κ3) is 6.21. The van der Waals surface area contributed by atoms with Gasteiger partial charge in [0.15, 0.2) is 0 Å². The minimum atomic E-state index is -0.183. The van der Waals surface area contributed by atoms with Crippen LogP contribution in [0.3, 0.4) is 0 Å². The Hall–Kier alpha value is -2.01. The Balaban J connectivity index is 0.000000202. The van der Waals surface area contributed by atoms with Crippen LogP contribution in [0, 0.1) is 0 Å². The number of para-hydroxylation sites is 1. The highest BCUT2D eigenvalue weighted by molar-refractivity contribution is 6.29. The fourth-order valence-electron chi connectivity index (χ4n) is 0.921. The van der Waals surface area contributed by atoms with E-state index in [4.69, 9.17) is 11.6 Å². The minimum Gasteiger partial charge on any atom is -0.325 e. The van der Waals surface area contributed by atoms with E-state index in [0.29, 0.717) is 0 Å². The molecule has 88 valence electrons. The van der Waals surface area contributed by atoms with Crippen molar-refractivity contribution in [1.29, 1.82) is 0 Å². The number of nitrogens with one attached hydrogen (secondary N) is 1. The maximum absolute atomic E-state index is 10.7. The number of rotatable bonds is 2. The Kier molecular flexibility index (Phi) is 6.28. The van der Waals surface area contributed by atoms with Gasteiger partial charge in [-0.3, -0.25) is 4.79 Å². The first kappa shape index (κ1) is 13.1. The van der Waals surface area contributed by atoms with Gasteiger partial charge in [-0.1, -0.05) is 18.2 Å². The number of amides is 1. The number of benzene rings is 1. The lowest BCUT2D eigenvalue weighted by atomic mass is 10.3. The number of carbonyl (C=O) groups is 1. The first-order chi connectivity index (χ1) is 8.33. The number of nitrogens with zero attached hydrogens (tertiary/aromatic N) is 3. The lowest BCUT2D eigenvalue weighted by molar-refractivity contribution is -0.113. The van der Waals surface area contributed by atoms with E-state index in [1.54, 1.807) is 18.5 Å². The molecule has 17 heavy (non-hydrogen) atoms. The molecule has 0 aliphatic rings. The summed E-state index contributed by atoms with van der Waals surface area (Å²) in [7, 11) is 0. The summed E-state index contributed by atoms with van der Waals surface area (Å²) in [4.78, 5) is 10.7. The van der Waals surface area contributed by atoms with Gasteiger partial charge in [0.1, 0.15) is 5.88 Å². The maximum atomic E-state index is 10.7. The molecular formula is C11H11ClN4O. The smallest absolute Gasteiger partial charge is 0.239 e. The zero-order valence-electron chi connectivity index (χ0n) is 8.95. The molecule has 0 bridgehead atoms. The van der Waals surface area contributed by atoms with Crippen molar-refractivity contribution in [3.63, 3.8) is 0 Å². The van der Waals surface area contributed by atoms with Crippen LogP contribution >= 0.6 is 11.6 Å². The number of hydrogen-bond donors (Lipinski definition) is 1. The molecule has 0 fully saturated rings. The number of hydrogen-bond acceptors (Lipinski definition) is 4. The highest BCUT2D eigenvalue weighted by atomic mass is 35.5. The predicted molar refractivity (Wildman–Crippen MR) is 65.6 cm³/mol. The Morgan fingerprint density at radius 2 is 1.76 bits per heavy atom. The molecule has 2 aromatic rings. The Morgan fingerprint density at radius 3 is 2.18 bits per heavy atom. The molecule has 2 rings (SSSR count). The fraction of sp³-hybridized carbons (Fsp3) is 0.0909. The molecule has 0 radical (unpaired) electrons. The number of alkyl halides is 1. The van der Waals surface area contributed by atoms with Crippen molar-refractivity contribution in [1.82, 2.24) is 15.4 Å². The van der Waals surface area contributed by atoms with E-state index in [1.165, 1.54) is 0 Å². The van der Waals surface area contributed by atoms with Gasteiger partial charge < -0.3 is 5.32 Å². The molecule has 0 saturated carbocycles. The van der Waals surface area contributed by atoms with E-state index in [0.717, 1.165) is 5.69 Å². The summed E-state index contributed by atoms with van der Waals surface area (Å²) in [6.45, 7) is 0. The second-order valence-electron chi connectivity index (χ2n) is 2.86. The van der Waals surface area contributed by atoms with Gasteiger partial charge in [0, 0.05) is 5.69 Å². The van der Waals surface area contributed by atoms with Gasteiger partial charge in [-0.2, -0.15) is 0 Å². The first-order valence-corrected chi connectivity index (χ1v) is 5.35. The summed E-state index contributed by atoms with van der Waals surface area (Å²) >= 11 is 5.29. The molecule has 1 aromatic carbocycles. The maximum Gasteiger partial charge on any atom is 0.239 e. The summed E-state index contributed by atoms with van der Waals surface area (Å²) in [6, 6.07) is 10.9. The van der Waals surface area contributed by atoms with E-state index in [9.17, 15) is 4.79 Å². The lowest BCUT2D eigenvalue weighted by Crippen LogP contribution is -2.12. The van der Waals surface area contributed by atoms with Crippen molar-refractivity contribution in [2.24, 2.45) is 0 Å². The molecule has 1 aromatic heterocycles. The quantitative estimate of drug-likeness (QED) is 0.825. The molecule has 6 heteroatoms. The highest BCUT2D eigenvalue weighted by Crippen LogP contribution is 2.04. The SMILES string of the molecule is O=C(CCl)Nc1ccccc1.c1cnnnc1. The van der Waals surface area contributed by atoms with Crippen LogP contribution < -0.4 is 5.32 Å². The fourth-order valence-corrected chi connectivity index (χ4v) is 0.988. The molecule has 0 unspecified atom stereocenters. The largest absolute Gasteiger partial charge is 0.325 e. The van der Waals surface area contributed by atoms with Crippen LogP contribution in [0.25, 0.3) is 0 Å². The second-order valence-corrected chi connectivity index (χ2v) is 3.13. The average Bonchev–Trinajstić information content (AvgIpc) is 2.42. The van der Waals surface area contributed by atoms with Crippen LogP contribution in [0.2, 0.25) is 0 Å². The Bertz CT molecular complexity index is 397. The van der Waals surface area contributed by atoms with E-state index < -0.39 is 0 Å². The van der Waals surface area contributed by atoms with Crippen LogP contribution in [0.1, 0.15) is 0 Å². The van der Waals surface area contributed by atoms with E-state index >= 15 is 0 Å². The molecule has 0 atom stereocenters. The minimum absolute atomic E-state index is 0.00507. The number of aromatic nitrogens is 3. The molecular weight excluding hydrogens is 240 g/mol. The van der Waals surface area contributed by atoms with Crippen LogP contribution in [0.15, 0.2) is 48.8 Å². The van der Waals surface area contributed by atoms with Crippen molar-refractivity contribution < 1.29 is 4.79 Å². The van der Waals surface area contributed by atoms with Crippen LogP contribution in [-0.4, -0.2) is 27.2 Å². The number of halogens is 1. The first-order valence-electron chi connectivity index (χ1n) is 4.82. The summed E-state index contributed by atoms with van der Waals surface area (Å²) in [5.41, 5.74) is 0.776. The molecule has 0 aliphatic heterocycles. The van der Waals surface area contributed by atoms with Crippen molar-refractivity contribution >= 4 is 23.2 Å². The second kappa shape index (κ2) is 8.18. The highest BCUT2D eigenvalue weighted by Gasteiger charge is 1.96. The van der Waals surface area contributed by atoms with E-state index in [-0.39, 0.29) is 11.8 Å².